The molecule has 3 nitrogen and oxygen atoms in total. The molecule has 0 spiro atoms. The van der Waals surface area contributed by atoms with Crippen LogP contribution >= 0.6 is 0 Å². The van der Waals surface area contributed by atoms with E-state index in [0.717, 1.165) is 35.3 Å². The van der Waals surface area contributed by atoms with Crippen LogP contribution in [0.3, 0.4) is 0 Å². The van der Waals surface area contributed by atoms with E-state index in [1.165, 1.54) is 23.1 Å². The molecule has 3 heteroatoms. The molecule has 0 saturated heterocycles. The summed E-state index contributed by atoms with van der Waals surface area (Å²) in [5.41, 5.74) is 7.11. The monoisotopic (exact) mass is 310 g/mol. The van der Waals surface area contributed by atoms with Gasteiger partial charge in [-0.15, -0.1) is 0 Å². The van der Waals surface area contributed by atoms with Crippen LogP contribution in [-0.4, -0.2) is 11.1 Å². The first kappa shape index (κ1) is 15.6. The van der Waals surface area contributed by atoms with Gasteiger partial charge in [0.25, 0.3) is 0 Å². The van der Waals surface area contributed by atoms with Crippen LogP contribution in [0.4, 0.5) is 0 Å². The van der Waals surface area contributed by atoms with Crippen molar-refractivity contribution in [3.63, 3.8) is 0 Å². The summed E-state index contributed by atoms with van der Waals surface area (Å²) >= 11 is 0. The van der Waals surface area contributed by atoms with E-state index in [2.05, 4.69) is 19.1 Å². The van der Waals surface area contributed by atoms with Crippen molar-refractivity contribution in [1.29, 1.82) is 0 Å². The van der Waals surface area contributed by atoms with Gasteiger partial charge in [-0.1, -0.05) is 24.3 Å². The number of rotatable bonds is 5. The number of carboxylic acid groups (broad SMARTS) is 1. The summed E-state index contributed by atoms with van der Waals surface area (Å²) in [7, 11) is 0. The molecule has 0 atom stereocenters. The van der Waals surface area contributed by atoms with E-state index >= 15 is 0 Å². The minimum atomic E-state index is -0.799. The Morgan fingerprint density at radius 1 is 1.09 bits per heavy atom. The van der Waals surface area contributed by atoms with Crippen molar-refractivity contribution in [2.45, 2.75) is 46.1 Å². The highest BCUT2D eigenvalue weighted by Gasteiger charge is 2.17. The largest absolute Gasteiger partial charge is 0.489 e. The van der Waals surface area contributed by atoms with E-state index in [4.69, 9.17) is 9.84 Å². The third-order valence-corrected chi connectivity index (χ3v) is 4.62. The fourth-order valence-corrected chi connectivity index (χ4v) is 3.36. The van der Waals surface area contributed by atoms with Crippen molar-refractivity contribution >= 4 is 5.97 Å². The number of aryl methyl sites for hydroxylation is 2. The zero-order chi connectivity index (χ0) is 16.4. The molecular formula is C20H22O3. The minimum Gasteiger partial charge on any atom is -0.489 e. The standard InChI is InChI=1S/C20H22O3/c1-13-6-9-19(18-5-3-4-17(13)18)23-12-15-7-8-16(11-20(21)22)14(2)10-15/h6-10H,3-5,11-12H2,1-2H3,(H,21,22). The second-order valence-electron chi connectivity index (χ2n) is 6.31. The van der Waals surface area contributed by atoms with Gasteiger partial charge in [0.2, 0.25) is 0 Å². The van der Waals surface area contributed by atoms with Gasteiger partial charge in [0.05, 0.1) is 6.42 Å². The van der Waals surface area contributed by atoms with Crippen molar-refractivity contribution in [2.75, 3.05) is 0 Å². The summed E-state index contributed by atoms with van der Waals surface area (Å²) in [5, 5.41) is 8.90. The average Bonchev–Trinajstić information content (AvgIpc) is 2.99. The molecule has 0 amide bonds. The molecule has 2 aromatic rings. The number of benzene rings is 2. The van der Waals surface area contributed by atoms with Gasteiger partial charge in [-0.3, -0.25) is 4.79 Å². The molecule has 0 aromatic heterocycles. The molecule has 0 unspecified atom stereocenters. The highest BCUT2D eigenvalue weighted by atomic mass is 16.5. The molecule has 1 N–H and O–H groups in total. The van der Waals surface area contributed by atoms with Crippen molar-refractivity contribution in [3.8, 4) is 5.75 Å². The molecule has 0 radical (unpaired) electrons. The van der Waals surface area contributed by atoms with Crippen molar-refractivity contribution < 1.29 is 14.6 Å². The third kappa shape index (κ3) is 3.39. The van der Waals surface area contributed by atoms with Gasteiger partial charge in [-0.05, 0) is 72.6 Å². The van der Waals surface area contributed by atoms with Crippen LogP contribution in [0, 0.1) is 13.8 Å². The topological polar surface area (TPSA) is 46.5 Å². The lowest BCUT2D eigenvalue weighted by Crippen LogP contribution is -2.04. The lowest BCUT2D eigenvalue weighted by Gasteiger charge is -2.13. The maximum absolute atomic E-state index is 10.8. The fraction of sp³-hybridized carbons (Fsp3) is 0.350. The van der Waals surface area contributed by atoms with Gasteiger partial charge >= 0.3 is 5.97 Å². The Hall–Kier alpha value is -2.29. The molecule has 1 aliphatic carbocycles. The van der Waals surface area contributed by atoms with Crippen LogP contribution in [0.1, 0.15) is 39.8 Å². The molecular weight excluding hydrogens is 288 g/mol. The zero-order valence-corrected chi connectivity index (χ0v) is 13.7. The molecule has 3 rings (SSSR count). The van der Waals surface area contributed by atoms with Crippen molar-refractivity contribution in [1.82, 2.24) is 0 Å². The number of carbonyl (C=O) groups is 1. The number of fused-ring (bicyclic) bond motifs is 1. The Morgan fingerprint density at radius 3 is 2.61 bits per heavy atom. The van der Waals surface area contributed by atoms with E-state index in [9.17, 15) is 4.79 Å². The van der Waals surface area contributed by atoms with E-state index in [-0.39, 0.29) is 6.42 Å². The van der Waals surface area contributed by atoms with Crippen LogP contribution in [0.15, 0.2) is 30.3 Å². The van der Waals surface area contributed by atoms with Crippen LogP contribution in [-0.2, 0) is 30.7 Å². The lowest BCUT2D eigenvalue weighted by molar-refractivity contribution is -0.136. The van der Waals surface area contributed by atoms with Gasteiger partial charge < -0.3 is 9.84 Å². The van der Waals surface area contributed by atoms with Gasteiger partial charge in [-0.25, -0.2) is 0 Å². The molecule has 0 aliphatic heterocycles. The number of aliphatic carboxylic acids is 1. The SMILES string of the molecule is Cc1cc(COc2ccc(C)c3c2CCC3)ccc1CC(=O)O. The Morgan fingerprint density at radius 2 is 1.87 bits per heavy atom. The zero-order valence-electron chi connectivity index (χ0n) is 13.7. The first-order valence-electron chi connectivity index (χ1n) is 8.09. The number of ether oxygens (including phenoxy) is 1. The molecule has 120 valence electrons. The molecule has 1 aliphatic rings. The highest BCUT2D eigenvalue weighted by Crippen LogP contribution is 2.33. The van der Waals surface area contributed by atoms with Crippen LogP contribution in [0.2, 0.25) is 0 Å². The summed E-state index contributed by atoms with van der Waals surface area (Å²) in [6.07, 6.45) is 3.53. The fourth-order valence-electron chi connectivity index (χ4n) is 3.36. The quantitative estimate of drug-likeness (QED) is 0.908. The van der Waals surface area contributed by atoms with Gasteiger partial charge in [-0.2, -0.15) is 0 Å². The smallest absolute Gasteiger partial charge is 0.307 e. The normalized spacial score (nSPS) is 13.0. The maximum atomic E-state index is 10.8. The number of carboxylic acids is 1. The molecule has 23 heavy (non-hydrogen) atoms. The van der Waals surface area contributed by atoms with E-state index in [0.29, 0.717) is 6.61 Å². The lowest BCUT2D eigenvalue weighted by atomic mass is 10.0. The summed E-state index contributed by atoms with van der Waals surface area (Å²) < 4.78 is 6.05. The maximum Gasteiger partial charge on any atom is 0.307 e. The molecule has 0 heterocycles. The summed E-state index contributed by atoms with van der Waals surface area (Å²) in [5.74, 6) is 0.197. The van der Waals surface area contributed by atoms with Gasteiger partial charge in [0.1, 0.15) is 12.4 Å². The Balaban J connectivity index is 1.73. The second-order valence-corrected chi connectivity index (χ2v) is 6.31. The first-order chi connectivity index (χ1) is 11.0. The van der Waals surface area contributed by atoms with E-state index < -0.39 is 5.97 Å². The third-order valence-electron chi connectivity index (χ3n) is 4.62. The van der Waals surface area contributed by atoms with Crippen molar-refractivity contribution in [2.24, 2.45) is 0 Å². The second kappa shape index (κ2) is 6.45. The molecule has 2 aromatic carbocycles. The van der Waals surface area contributed by atoms with E-state index in [1.807, 2.05) is 25.1 Å². The van der Waals surface area contributed by atoms with Crippen LogP contribution < -0.4 is 4.74 Å². The Labute approximate surface area is 136 Å². The Kier molecular flexibility index (Phi) is 4.37. The summed E-state index contributed by atoms with van der Waals surface area (Å²) in [4.78, 5) is 10.8. The van der Waals surface area contributed by atoms with E-state index in [1.54, 1.807) is 0 Å². The number of hydrogen-bond donors (Lipinski definition) is 1. The predicted octanol–water partition coefficient (Wildman–Crippen LogP) is 4.00. The minimum absolute atomic E-state index is 0.0679. The Bertz CT molecular complexity index is 747. The number of hydrogen-bond acceptors (Lipinski definition) is 2. The predicted molar refractivity (Wildman–Crippen MR) is 90.1 cm³/mol. The molecule has 0 fully saturated rings. The van der Waals surface area contributed by atoms with Gasteiger partial charge in [0.15, 0.2) is 0 Å². The highest BCUT2D eigenvalue weighted by molar-refractivity contribution is 5.70. The van der Waals surface area contributed by atoms with Crippen LogP contribution in [0.25, 0.3) is 0 Å². The summed E-state index contributed by atoms with van der Waals surface area (Å²) in [6.45, 7) is 4.63. The van der Waals surface area contributed by atoms with Crippen molar-refractivity contribution in [3.05, 3.63) is 63.7 Å². The van der Waals surface area contributed by atoms with Crippen LogP contribution in [0.5, 0.6) is 5.75 Å². The molecule has 0 saturated carbocycles. The summed E-state index contributed by atoms with van der Waals surface area (Å²) in [6, 6.07) is 10.1. The first-order valence-corrected chi connectivity index (χ1v) is 8.09. The van der Waals surface area contributed by atoms with Gasteiger partial charge in [0, 0.05) is 0 Å². The molecule has 0 bridgehead atoms. The average molecular weight is 310 g/mol.